The van der Waals surface area contributed by atoms with Crippen LogP contribution >= 0.6 is 11.3 Å². The van der Waals surface area contributed by atoms with Gasteiger partial charge in [-0.05, 0) is 37.3 Å². The molecule has 0 saturated heterocycles. The van der Waals surface area contributed by atoms with Gasteiger partial charge in [0.25, 0.3) is 0 Å². The minimum Gasteiger partial charge on any atom is -0.386 e. The summed E-state index contributed by atoms with van der Waals surface area (Å²) in [5.74, 6) is 0.151. The molecule has 2 rings (SSSR count). The van der Waals surface area contributed by atoms with Gasteiger partial charge in [-0.15, -0.1) is 11.3 Å². The SMILES string of the molecule is O=C(CCCNCC(O)c1cccs1)NC1CC1. The van der Waals surface area contributed by atoms with Crippen LogP contribution < -0.4 is 10.6 Å². The number of thiophene rings is 1. The second-order valence-corrected chi connectivity index (χ2v) is 5.66. The molecule has 1 unspecified atom stereocenters. The van der Waals surface area contributed by atoms with Gasteiger partial charge in [0.15, 0.2) is 0 Å². The first-order valence-electron chi connectivity index (χ1n) is 6.47. The summed E-state index contributed by atoms with van der Waals surface area (Å²) in [6, 6.07) is 4.32. The lowest BCUT2D eigenvalue weighted by molar-refractivity contribution is -0.121. The van der Waals surface area contributed by atoms with Gasteiger partial charge in [-0.25, -0.2) is 0 Å². The van der Waals surface area contributed by atoms with Crippen LogP contribution in [0, 0.1) is 0 Å². The summed E-state index contributed by atoms with van der Waals surface area (Å²) < 4.78 is 0. The van der Waals surface area contributed by atoms with Crippen LogP contribution in [0.2, 0.25) is 0 Å². The fourth-order valence-corrected chi connectivity index (χ4v) is 2.43. The number of carbonyl (C=O) groups is 1. The largest absolute Gasteiger partial charge is 0.386 e. The summed E-state index contributed by atoms with van der Waals surface area (Å²) in [5.41, 5.74) is 0. The maximum Gasteiger partial charge on any atom is 0.220 e. The van der Waals surface area contributed by atoms with Crippen molar-refractivity contribution < 1.29 is 9.90 Å². The molecule has 0 spiro atoms. The van der Waals surface area contributed by atoms with E-state index in [-0.39, 0.29) is 5.91 Å². The first kappa shape index (κ1) is 13.5. The van der Waals surface area contributed by atoms with Gasteiger partial charge in [0.1, 0.15) is 6.10 Å². The highest BCUT2D eigenvalue weighted by molar-refractivity contribution is 7.10. The van der Waals surface area contributed by atoms with Crippen LogP contribution in [0.1, 0.15) is 36.7 Å². The Morgan fingerprint density at radius 1 is 1.56 bits per heavy atom. The number of aliphatic hydroxyl groups is 1. The van der Waals surface area contributed by atoms with E-state index in [0.29, 0.717) is 19.0 Å². The number of amides is 1. The second-order valence-electron chi connectivity index (χ2n) is 4.68. The summed E-state index contributed by atoms with van der Waals surface area (Å²) in [6.07, 6.45) is 3.22. The summed E-state index contributed by atoms with van der Waals surface area (Å²) in [5, 5.41) is 17.9. The number of hydrogen-bond donors (Lipinski definition) is 3. The Hall–Kier alpha value is -0.910. The molecule has 0 aromatic carbocycles. The maximum absolute atomic E-state index is 11.4. The van der Waals surface area contributed by atoms with Crippen molar-refractivity contribution in [1.82, 2.24) is 10.6 Å². The van der Waals surface area contributed by atoms with Gasteiger partial charge in [0.05, 0.1) is 0 Å². The molecule has 0 radical (unpaired) electrons. The molecule has 1 aromatic heterocycles. The van der Waals surface area contributed by atoms with Crippen LogP contribution in [-0.2, 0) is 4.79 Å². The third kappa shape index (κ3) is 4.76. The molecule has 5 heteroatoms. The van der Waals surface area contributed by atoms with Crippen molar-refractivity contribution in [3.63, 3.8) is 0 Å². The third-order valence-corrected chi connectivity index (χ3v) is 3.88. The second kappa shape index (κ2) is 6.87. The normalized spacial score (nSPS) is 16.5. The van der Waals surface area contributed by atoms with Gasteiger partial charge in [0, 0.05) is 23.9 Å². The highest BCUT2D eigenvalue weighted by atomic mass is 32.1. The van der Waals surface area contributed by atoms with Crippen LogP contribution in [0.5, 0.6) is 0 Å². The lowest BCUT2D eigenvalue weighted by atomic mass is 10.2. The maximum atomic E-state index is 11.4. The molecule has 0 bridgehead atoms. The van der Waals surface area contributed by atoms with E-state index in [9.17, 15) is 9.90 Å². The van der Waals surface area contributed by atoms with E-state index in [1.807, 2.05) is 17.5 Å². The van der Waals surface area contributed by atoms with Crippen LogP contribution in [-0.4, -0.2) is 30.1 Å². The van der Waals surface area contributed by atoms with E-state index in [2.05, 4.69) is 10.6 Å². The molecular formula is C13H20N2O2S. The zero-order valence-corrected chi connectivity index (χ0v) is 11.2. The summed E-state index contributed by atoms with van der Waals surface area (Å²) >= 11 is 1.56. The quantitative estimate of drug-likeness (QED) is 0.625. The molecule has 1 aliphatic carbocycles. The van der Waals surface area contributed by atoms with Crippen LogP contribution in [0.3, 0.4) is 0 Å². The zero-order chi connectivity index (χ0) is 12.8. The molecule has 4 nitrogen and oxygen atoms in total. The Labute approximate surface area is 111 Å². The highest BCUT2D eigenvalue weighted by Gasteiger charge is 2.22. The monoisotopic (exact) mass is 268 g/mol. The number of carbonyl (C=O) groups excluding carboxylic acids is 1. The standard InChI is InChI=1S/C13H20N2O2S/c16-11(12-3-2-8-18-12)9-14-7-1-4-13(17)15-10-5-6-10/h2-3,8,10-11,14,16H,1,4-7,9H2,(H,15,17). The third-order valence-electron chi connectivity index (χ3n) is 2.91. The van der Waals surface area contributed by atoms with Gasteiger partial charge in [-0.2, -0.15) is 0 Å². The average molecular weight is 268 g/mol. The minimum atomic E-state index is -0.440. The number of nitrogens with one attached hydrogen (secondary N) is 2. The van der Waals surface area contributed by atoms with Gasteiger partial charge >= 0.3 is 0 Å². The Bertz CT molecular complexity index is 363. The fraction of sp³-hybridized carbons (Fsp3) is 0.615. The van der Waals surface area contributed by atoms with Crippen LogP contribution in [0.15, 0.2) is 17.5 Å². The van der Waals surface area contributed by atoms with E-state index < -0.39 is 6.10 Å². The van der Waals surface area contributed by atoms with Crippen LogP contribution in [0.25, 0.3) is 0 Å². The molecule has 1 amide bonds. The molecule has 100 valence electrons. The van der Waals surface area contributed by atoms with Crippen molar-refractivity contribution >= 4 is 17.2 Å². The molecular weight excluding hydrogens is 248 g/mol. The summed E-state index contributed by atoms with van der Waals surface area (Å²) in [6.45, 7) is 1.31. The van der Waals surface area contributed by atoms with Crippen molar-refractivity contribution in [3.8, 4) is 0 Å². The molecule has 3 N–H and O–H groups in total. The first-order valence-corrected chi connectivity index (χ1v) is 7.35. The van der Waals surface area contributed by atoms with Crippen molar-refractivity contribution in [1.29, 1.82) is 0 Å². The lowest BCUT2D eigenvalue weighted by Gasteiger charge is -2.10. The van der Waals surface area contributed by atoms with E-state index in [1.165, 1.54) is 0 Å². The van der Waals surface area contributed by atoms with Crippen molar-refractivity contribution in [3.05, 3.63) is 22.4 Å². The zero-order valence-electron chi connectivity index (χ0n) is 10.4. The highest BCUT2D eigenvalue weighted by Crippen LogP contribution is 2.19. The lowest BCUT2D eigenvalue weighted by Crippen LogP contribution is -2.27. The van der Waals surface area contributed by atoms with Crippen molar-refractivity contribution in [2.75, 3.05) is 13.1 Å². The molecule has 1 atom stereocenters. The number of aliphatic hydroxyl groups excluding tert-OH is 1. The van der Waals surface area contributed by atoms with E-state index in [4.69, 9.17) is 0 Å². The van der Waals surface area contributed by atoms with E-state index >= 15 is 0 Å². The molecule has 1 saturated carbocycles. The van der Waals surface area contributed by atoms with Crippen molar-refractivity contribution in [2.45, 2.75) is 37.8 Å². The average Bonchev–Trinajstić information content (AvgIpc) is 2.98. The first-order chi connectivity index (χ1) is 8.75. The molecule has 0 aliphatic heterocycles. The Kier molecular flexibility index (Phi) is 5.16. The molecule has 1 heterocycles. The van der Waals surface area contributed by atoms with Gasteiger partial charge in [-0.1, -0.05) is 6.07 Å². The Morgan fingerprint density at radius 2 is 2.39 bits per heavy atom. The fourth-order valence-electron chi connectivity index (χ4n) is 1.72. The Balaban J connectivity index is 1.49. The minimum absolute atomic E-state index is 0.151. The molecule has 1 fully saturated rings. The predicted molar refractivity (Wildman–Crippen MR) is 72.5 cm³/mol. The predicted octanol–water partition coefficient (Wildman–Crippen LogP) is 1.43. The van der Waals surface area contributed by atoms with E-state index in [0.717, 1.165) is 30.7 Å². The van der Waals surface area contributed by atoms with Gasteiger partial charge < -0.3 is 15.7 Å². The molecule has 1 aromatic rings. The topological polar surface area (TPSA) is 61.4 Å². The number of rotatable bonds is 8. The number of hydrogen-bond acceptors (Lipinski definition) is 4. The van der Waals surface area contributed by atoms with Gasteiger partial charge in [0.2, 0.25) is 5.91 Å². The van der Waals surface area contributed by atoms with Crippen molar-refractivity contribution in [2.24, 2.45) is 0 Å². The van der Waals surface area contributed by atoms with Crippen LogP contribution in [0.4, 0.5) is 0 Å². The summed E-state index contributed by atoms with van der Waals surface area (Å²) in [4.78, 5) is 12.4. The molecule has 1 aliphatic rings. The molecule has 18 heavy (non-hydrogen) atoms. The Morgan fingerprint density at radius 3 is 3.06 bits per heavy atom. The van der Waals surface area contributed by atoms with Gasteiger partial charge in [-0.3, -0.25) is 4.79 Å². The van der Waals surface area contributed by atoms with E-state index in [1.54, 1.807) is 11.3 Å². The summed E-state index contributed by atoms with van der Waals surface area (Å²) in [7, 11) is 0. The smallest absolute Gasteiger partial charge is 0.220 e.